The van der Waals surface area contributed by atoms with Gasteiger partial charge in [-0.2, -0.15) is 5.10 Å². The van der Waals surface area contributed by atoms with Gasteiger partial charge in [0.1, 0.15) is 0 Å². The monoisotopic (exact) mass is 261 g/mol. The molecule has 1 aromatic heterocycles. The van der Waals surface area contributed by atoms with Crippen LogP contribution in [0.5, 0.6) is 0 Å². The van der Waals surface area contributed by atoms with Gasteiger partial charge in [0.25, 0.3) is 0 Å². The van der Waals surface area contributed by atoms with Crippen LogP contribution in [-0.2, 0) is 0 Å². The van der Waals surface area contributed by atoms with Crippen LogP contribution < -0.4 is 5.43 Å². The fourth-order valence-corrected chi connectivity index (χ4v) is 2.85. The minimum Gasteiger partial charge on any atom is -0.286 e. The number of hydrazone groups is 1. The maximum atomic E-state index is 11.9. The number of anilines is 1. The highest BCUT2D eigenvalue weighted by Crippen LogP contribution is 2.33. The van der Waals surface area contributed by atoms with Gasteiger partial charge in [0.05, 0.1) is 0 Å². The van der Waals surface area contributed by atoms with Gasteiger partial charge in [-0.15, -0.1) is 11.3 Å². The van der Waals surface area contributed by atoms with Gasteiger partial charge >= 0.3 is 0 Å². The molecule has 1 aromatic carbocycles. The van der Waals surface area contributed by atoms with E-state index < -0.39 is 0 Å². The summed E-state index contributed by atoms with van der Waals surface area (Å²) in [5.41, 5.74) is 3.51. The van der Waals surface area contributed by atoms with Crippen molar-refractivity contribution < 1.29 is 4.79 Å². The molecule has 84 valence electrons. The van der Waals surface area contributed by atoms with E-state index in [9.17, 15) is 4.79 Å². The first kappa shape index (κ1) is 10.5. The number of carbonyl (C=O) groups is 1. The van der Waals surface area contributed by atoms with Gasteiger partial charge in [-0.25, -0.2) is 4.98 Å². The molecule has 0 atom stereocenters. The lowest BCUT2D eigenvalue weighted by molar-refractivity contribution is 0.106. The summed E-state index contributed by atoms with van der Waals surface area (Å²) in [5, 5.41) is 7.08. The number of carbonyl (C=O) groups excluding carboxylic acids is 1. The molecule has 0 bridgehead atoms. The Hall–Kier alpha value is -1.66. The van der Waals surface area contributed by atoms with Crippen LogP contribution in [-0.4, -0.2) is 15.8 Å². The van der Waals surface area contributed by atoms with Crippen molar-refractivity contribution in [1.29, 1.82) is 0 Å². The van der Waals surface area contributed by atoms with Crippen LogP contribution in [0.15, 0.2) is 45.8 Å². The van der Waals surface area contributed by atoms with E-state index in [1.54, 1.807) is 6.20 Å². The summed E-state index contributed by atoms with van der Waals surface area (Å²) in [5.74, 6) is -0.0327. The molecular weight excluding hydrogens is 254 g/mol. The van der Waals surface area contributed by atoms with Gasteiger partial charge in [0, 0.05) is 22.0 Å². The Morgan fingerprint density at radius 2 is 2.18 bits per heavy atom. The fourth-order valence-electron chi connectivity index (χ4n) is 1.46. The molecule has 0 aliphatic carbocycles. The second-order valence-electron chi connectivity index (χ2n) is 3.29. The molecule has 4 nitrogen and oxygen atoms in total. The third kappa shape index (κ3) is 1.96. The van der Waals surface area contributed by atoms with E-state index in [2.05, 4.69) is 15.5 Å². The van der Waals surface area contributed by atoms with Crippen LogP contribution in [0.25, 0.3) is 0 Å². The fraction of sp³-hybridized carbons (Fsp3) is 0. The number of hydrogen-bond acceptors (Lipinski definition) is 6. The molecule has 2 aromatic rings. The molecule has 0 spiro atoms. The number of thioether (sulfide) groups is 1. The van der Waals surface area contributed by atoms with E-state index in [1.807, 2.05) is 29.6 Å². The quantitative estimate of drug-likeness (QED) is 0.845. The summed E-state index contributed by atoms with van der Waals surface area (Å²) in [7, 11) is 0. The van der Waals surface area contributed by atoms with Gasteiger partial charge in [-0.1, -0.05) is 23.9 Å². The lowest BCUT2D eigenvalue weighted by Crippen LogP contribution is -2.06. The Morgan fingerprint density at radius 1 is 1.29 bits per heavy atom. The first-order valence-corrected chi connectivity index (χ1v) is 6.59. The standard InChI is InChI=1S/C11H7N3OS2/c15-9-7-3-1-2-4-8(7)17-10(9)13-14-11-12-5-6-16-11/h1-6H,(H,12,14)/b13-10-. The second kappa shape index (κ2) is 4.31. The zero-order chi connectivity index (χ0) is 11.7. The molecule has 0 saturated carbocycles. The number of fused-ring (bicyclic) bond motifs is 1. The zero-order valence-electron chi connectivity index (χ0n) is 8.58. The molecule has 1 aliphatic rings. The number of nitrogens with zero attached hydrogens (tertiary/aromatic N) is 2. The average Bonchev–Trinajstić information content (AvgIpc) is 2.96. The maximum Gasteiger partial charge on any atom is 0.221 e. The van der Waals surface area contributed by atoms with Gasteiger partial charge in [-0.3, -0.25) is 10.2 Å². The third-order valence-corrected chi connectivity index (χ3v) is 3.94. The van der Waals surface area contributed by atoms with Crippen molar-refractivity contribution in [3.8, 4) is 0 Å². The molecule has 0 fully saturated rings. The van der Waals surface area contributed by atoms with E-state index in [-0.39, 0.29) is 5.78 Å². The Labute approximate surface area is 106 Å². The number of hydrogen-bond donors (Lipinski definition) is 1. The second-order valence-corrected chi connectivity index (χ2v) is 5.22. The lowest BCUT2D eigenvalue weighted by atomic mass is 10.1. The first-order valence-electron chi connectivity index (χ1n) is 4.89. The minimum atomic E-state index is -0.0327. The molecular formula is C11H7N3OS2. The number of nitrogens with one attached hydrogen (secondary N) is 1. The third-order valence-electron chi connectivity index (χ3n) is 2.22. The summed E-state index contributed by atoms with van der Waals surface area (Å²) in [6.07, 6.45) is 1.69. The number of rotatable bonds is 2. The molecule has 1 N–H and O–H groups in total. The smallest absolute Gasteiger partial charge is 0.221 e. The summed E-state index contributed by atoms with van der Waals surface area (Å²) in [6, 6.07) is 7.51. The van der Waals surface area contributed by atoms with E-state index in [4.69, 9.17) is 0 Å². The van der Waals surface area contributed by atoms with E-state index in [1.165, 1.54) is 23.1 Å². The van der Waals surface area contributed by atoms with Crippen molar-refractivity contribution in [3.05, 3.63) is 41.4 Å². The molecule has 0 unspecified atom stereocenters. The number of Topliss-reactive ketones (excluding diaryl/α,β-unsaturated/α-hetero) is 1. The molecule has 1 aliphatic heterocycles. The predicted octanol–water partition coefficient (Wildman–Crippen LogP) is 2.86. The van der Waals surface area contributed by atoms with Crippen LogP contribution in [0.2, 0.25) is 0 Å². The summed E-state index contributed by atoms with van der Waals surface area (Å²) in [4.78, 5) is 16.9. The van der Waals surface area contributed by atoms with Crippen molar-refractivity contribution >= 4 is 39.1 Å². The largest absolute Gasteiger partial charge is 0.286 e. The highest BCUT2D eigenvalue weighted by Gasteiger charge is 2.27. The SMILES string of the molecule is O=C1/C(=N/Nc2nccs2)Sc2ccccc21. The van der Waals surface area contributed by atoms with Crippen molar-refractivity contribution in [3.63, 3.8) is 0 Å². The molecule has 0 saturated heterocycles. The highest BCUT2D eigenvalue weighted by molar-refractivity contribution is 8.16. The minimum absolute atomic E-state index is 0.0327. The molecule has 2 heterocycles. The van der Waals surface area contributed by atoms with Gasteiger partial charge in [-0.05, 0) is 12.1 Å². The zero-order valence-corrected chi connectivity index (χ0v) is 10.2. The van der Waals surface area contributed by atoms with Crippen molar-refractivity contribution in [1.82, 2.24) is 4.98 Å². The normalized spacial score (nSPS) is 16.2. The Morgan fingerprint density at radius 3 is 2.94 bits per heavy atom. The molecule has 17 heavy (non-hydrogen) atoms. The Kier molecular flexibility index (Phi) is 2.66. The van der Waals surface area contributed by atoms with Crippen LogP contribution >= 0.6 is 23.1 Å². The molecule has 3 rings (SSSR count). The van der Waals surface area contributed by atoms with Crippen LogP contribution in [0, 0.1) is 0 Å². The Balaban J connectivity index is 1.84. The Bertz CT molecular complexity index is 593. The lowest BCUT2D eigenvalue weighted by Gasteiger charge is -1.94. The highest BCUT2D eigenvalue weighted by atomic mass is 32.2. The predicted molar refractivity (Wildman–Crippen MR) is 69.8 cm³/mol. The van der Waals surface area contributed by atoms with Crippen molar-refractivity contribution in [2.45, 2.75) is 4.90 Å². The number of ketones is 1. The molecule has 0 amide bonds. The van der Waals surface area contributed by atoms with Gasteiger partial charge in [0.2, 0.25) is 10.9 Å². The first-order chi connectivity index (χ1) is 8.34. The van der Waals surface area contributed by atoms with Crippen molar-refractivity contribution in [2.24, 2.45) is 5.10 Å². The summed E-state index contributed by atoms with van der Waals surface area (Å²) >= 11 is 2.82. The van der Waals surface area contributed by atoms with Crippen LogP contribution in [0.3, 0.4) is 0 Å². The van der Waals surface area contributed by atoms with Crippen LogP contribution in [0.1, 0.15) is 10.4 Å². The topological polar surface area (TPSA) is 54.4 Å². The average molecular weight is 261 g/mol. The molecule has 6 heteroatoms. The summed E-state index contributed by atoms with van der Waals surface area (Å²) in [6.45, 7) is 0. The van der Waals surface area contributed by atoms with E-state index in [0.717, 1.165) is 10.5 Å². The van der Waals surface area contributed by atoms with E-state index >= 15 is 0 Å². The van der Waals surface area contributed by atoms with E-state index in [0.29, 0.717) is 10.2 Å². The van der Waals surface area contributed by atoms with Gasteiger partial charge in [0.15, 0.2) is 5.04 Å². The van der Waals surface area contributed by atoms with Crippen molar-refractivity contribution in [2.75, 3.05) is 5.43 Å². The molecule has 0 radical (unpaired) electrons. The number of thiazole rings is 1. The summed E-state index contributed by atoms with van der Waals surface area (Å²) < 4.78 is 0. The maximum absolute atomic E-state index is 11.9. The van der Waals surface area contributed by atoms with Gasteiger partial charge < -0.3 is 0 Å². The van der Waals surface area contributed by atoms with Crippen LogP contribution in [0.4, 0.5) is 5.13 Å². The number of aromatic nitrogens is 1. The number of benzene rings is 1.